The Morgan fingerprint density at radius 1 is 1.10 bits per heavy atom. The molecule has 0 aliphatic carbocycles. The van der Waals surface area contributed by atoms with E-state index in [2.05, 4.69) is 37.1 Å². The van der Waals surface area contributed by atoms with Crippen LogP contribution in [0.4, 0.5) is 5.69 Å². The van der Waals surface area contributed by atoms with Gasteiger partial charge >= 0.3 is 0 Å². The Bertz CT molecular complexity index is 724. The van der Waals surface area contributed by atoms with E-state index in [1.807, 2.05) is 29.2 Å². The molecular weight excluding hydrogens is 380 g/mol. The lowest BCUT2D eigenvalue weighted by Gasteiger charge is -2.32. The summed E-state index contributed by atoms with van der Waals surface area (Å²) in [6.45, 7) is 9.05. The zero-order chi connectivity index (χ0) is 22.3. The Kier molecular flexibility index (Phi) is 8.84. The van der Waals surface area contributed by atoms with Crippen LogP contribution in [0.15, 0.2) is 24.3 Å². The molecule has 30 heavy (non-hydrogen) atoms. The quantitative estimate of drug-likeness (QED) is 0.598. The Morgan fingerprint density at radius 3 is 2.23 bits per heavy atom. The third-order valence-corrected chi connectivity index (χ3v) is 5.66. The van der Waals surface area contributed by atoms with Crippen LogP contribution in [-0.4, -0.2) is 47.8 Å². The van der Waals surface area contributed by atoms with Crippen molar-refractivity contribution in [3.63, 3.8) is 0 Å². The largest absolute Gasteiger partial charge is 0.347 e. The SMILES string of the molecule is CCc1ccc(NC(=O)[C@H](C)NC(=O)C2CCN(C(=O)[C@@H]([NH3+])CC(C)C)CC2)cc1. The van der Waals surface area contributed by atoms with Crippen LogP contribution < -0.4 is 16.4 Å². The van der Waals surface area contributed by atoms with Gasteiger partial charge in [0, 0.05) is 31.1 Å². The minimum absolute atomic E-state index is 0.0735. The van der Waals surface area contributed by atoms with Gasteiger partial charge in [0.25, 0.3) is 5.91 Å². The molecule has 2 atom stereocenters. The molecule has 1 aliphatic heterocycles. The molecule has 0 saturated carbocycles. The average molecular weight is 418 g/mol. The van der Waals surface area contributed by atoms with Gasteiger partial charge in [-0.2, -0.15) is 0 Å². The van der Waals surface area contributed by atoms with Crippen molar-refractivity contribution in [2.45, 2.75) is 65.5 Å². The Hall–Kier alpha value is -2.41. The molecule has 0 spiro atoms. The molecule has 0 radical (unpaired) electrons. The van der Waals surface area contributed by atoms with Crippen LogP contribution in [0.5, 0.6) is 0 Å². The van der Waals surface area contributed by atoms with Crippen LogP contribution in [0.25, 0.3) is 0 Å². The summed E-state index contributed by atoms with van der Waals surface area (Å²) >= 11 is 0. The lowest BCUT2D eigenvalue weighted by Crippen LogP contribution is -2.68. The van der Waals surface area contributed by atoms with E-state index in [1.54, 1.807) is 6.92 Å². The number of rotatable bonds is 8. The maximum Gasteiger partial charge on any atom is 0.280 e. The number of hydrogen-bond donors (Lipinski definition) is 3. The summed E-state index contributed by atoms with van der Waals surface area (Å²) in [5.74, 6) is -0.0453. The molecule has 3 amide bonds. The molecule has 0 aromatic heterocycles. The van der Waals surface area contributed by atoms with Gasteiger partial charge in [-0.25, -0.2) is 0 Å². The number of hydrogen-bond acceptors (Lipinski definition) is 3. The lowest BCUT2D eigenvalue weighted by atomic mass is 9.94. The first-order valence-electron chi connectivity index (χ1n) is 11.0. The van der Waals surface area contributed by atoms with Gasteiger partial charge in [-0.1, -0.05) is 32.9 Å². The first-order valence-corrected chi connectivity index (χ1v) is 11.0. The highest BCUT2D eigenvalue weighted by Gasteiger charge is 2.32. The summed E-state index contributed by atoms with van der Waals surface area (Å²) in [4.78, 5) is 39.3. The van der Waals surface area contributed by atoms with E-state index in [-0.39, 0.29) is 29.7 Å². The third kappa shape index (κ3) is 6.83. The normalized spacial score (nSPS) is 16.8. The van der Waals surface area contributed by atoms with E-state index in [0.717, 1.165) is 12.8 Å². The number of aryl methyl sites for hydroxylation is 1. The number of carbonyl (C=O) groups is 3. The Balaban J connectivity index is 1.79. The number of anilines is 1. The minimum atomic E-state index is -0.627. The molecule has 0 bridgehead atoms. The van der Waals surface area contributed by atoms with Crippen molar-refractivity contribution in [3.05, 3.63) is 29.8 Å². The predicted octanol–water partition coefficient (Wildman–Crippen LogP) is 1.59. The van der Waals surface area contributed by atoms with Gasteiger partial charge < -0.3 is 21.3 Å². The molecule has 7 nitrogen and oxygen atoms in total. The van der Waals surface area contributed by atoms with Crippen molar-refractivity contribution in [1.29, 1.82) is 0 Å². The summed E-state index contributed by atoms with van der Waals surface area (Å²) in [6, 6.07) is 6.83. The summed E-state index contributed by atoms with van der Waals surface area (Å²) in [5, 5.41) is 5.66. The molecule has 1 heterocycles. The summed E-state index contributed by atoms with van der Waals surface area (Å²) in [7, 11) is 0. The van der Waals surface area contributed by atoms with Gasteiger partial charge in [-0.05, 0) is 49.8 Å². The van der Waals surface area contributed by atoms with Gasteiger partial charge in [0.05, 0.1) is 0 Å². The van der Waals surface area contributed by atoms with Crippen LogP contribution in [0, 0.1) is 11.8 Å². The van der Waals surface area contributed by atoms with Crippen molar-refractivity contribution < 1.29 is 20.1 Å². The zero-order valence-electron chi connectivity index (χ0n) is 18.7. The third-order valence-electron chi connectivity index (χ3n) is 5.66. The van der Waals surface area contributed by atoms with Gasteiger partial charge in [0.2, 0.25) is 11.8 Å². The number of piperidine rings is 1. The van der Waals surface area contributed by atoms with Crippen molar-refractivity contribution in [2.24, 2.45) is 11.8 Å². The molecular formula is C23H37N4O3+. The van der Waals surface area contributed by atoms with Crippen LogP contribution in [-0.2, 0) is 20.8 Å². The number of carbonyl (C=O) groups excluding carboxylic acids is 3. The highest BCUT2D eigenvalue weighted by Crippen LogP contribution is 2.19. The molecule has 1 saturated heterocycles. The second kappa shape index (κ2) is 11.1. The van der Waals surface area contributed by atoms with Crippen LogP contribution in [0.1, 0.15) is 52.5 Å². The summed E-state index contributed by atoms with van der Waals surface area (Å²) in [5.41, 5.74) is 5.91. The van der Waals surface area contributed by atoms with Crippen molar-refractivity contribution in [3.8, 4) is 0 Å². The number of amides is 3. The van der Waals surface area contributed by atoms with Crippen molar-refractivity contribution in [1.82, 2.24) is 10.2 Å². The fourth-order valence-corrected chi connectivity index (χ4v) is 3.76. The van der Waals surface area contributed by atoms with E-state index in [4.69, 9.17) is 0 Å². The van der Waals surface area contributed by atoms with E-state index in [1.165, 1.54) is 5.56 Å². The smallest absolute Gasteiger partial charge is 0.280 e. The maximum absolute atomic E-state index is 12.6. The molecule has 0 unspecified atom stereocenters. The van der Waals surface area contributed by atoms with E-state index in [9.17, 15) is 14.4 Å². The maximum atomic E-state index is 12.6. The topological polar surface area (TPSA) is 106 Å². The fraction of sp³-hybridized carbons (Fsp3) is 0.609. The standard InChI is InChI=1S/C23H36N4O3/c1-5-17-6-8-19(9-7-17)26-21(28)16(4)25-22(29)18-10-12-27(13-11-18)23(30)20(24)14-15(2)3/h6-9,15-16,18,20H,5,10-14,24H2,1-4H3,(H,25,29)(H,26,28)/p+1/t16-,20-/m0/s1. The molecule has 5 N–H and O–H groups in total. The zero-order valence-corrected chi connectivity index (χ0v) is 18.7. The van der Waals surface area contributed by atoms with Gasteiger partial charge in [-0.3, -0.25) is 14.4 Å². The molecule has 1 aliphatic rings. The number of nitrogens with one attached hydrogen (secondary N) is 2. The molecule has 1 aromatic carbocycles. The number of nitrogens with zero attached hydrogens (tertiary/aromatic N) is 1. The van der Waals surface area contributed by atoms with Crippen LogP contribution in [0.3, 0.4) is 0 Å². The second-order valence-electron chi connectivity index (χ2n) is 8.70. The molecule has 1 aromatic rings. The van der Waals surface area contributed by atoms with Gasteiger partial charge in [0.15, 0.2) is 6.04 Å². The van der Waals surface area contributed by atoms with E-state index >= 15 is 0 Å². The van der Waals surface area contributed by atoms with Gasteiger partial charge in [0.1, 0.15) is 6.04 Å². The second-order valence-corrected chi connectivity index (χ2v) is 8.70. The van der Waals surface area contributed by atoms with Crippen molar-refractivity contribution >= 4 is 23.4 Å². The molecule has 2 rings (SSSR count). The van der Waals surface area contributed by atoms with E-state index < -0.39 is 6.04 Å². The van der Waals surface area contributed by atoms with Crippen molar-refractivity contribution in [2.75, 3.05) is 18.4 Å². The Morgan fingerprint density at radius 2 is 1.70 bits per heavy atom. The average Bonchev–Trinajstić information content (AvgIpc) is 2.73. The number of quaternary nitrogens is 1. The highest BCUT2D eigenvalue weighted by molar-refractivity contribution is 5.97. The summed E-state index contributed by atoms with van der Waals surface area (Å²) < 4.78 is 0. The highest BCUT2D eigenvalue weighted by atomic mass is 16.2. The number of likely N-dealkylation sites (tertiary alicyclic amines) is 1. The predicted molar refractivity (Wildman–Crippen MR) is 117 cm³/mol. The lowest BCUT2D eigenvalue weighted by molar-refractivity contribution is -0.408. The number of benzene rings is 1. The monoisotopic (exact) mass is 417 g/mol. The molecule has 7 heteroatoms. The van der Waals surface area contributed by atoms with E-state index in [0.29, 0.717) is 37.5 Å². The Labute approximate surface area is 179 Å². The molecule has 166 valence electrons. The van der Waals surface area contributed by atoms with Crippen LogP contribution >= 0.6 is 0 Å². The minimum Gasteiger partial charge on any atom is -0.347 e. The fourth-order valence-electron chi connectivity index (χ4n) is 3.76. The first-order chi connectivity index (χ1) is 14.2. The first kappa shape index (κ1) is 23.9. The molecule has 1 fully saturated rings. The van der Waals surface area contributed by atoms with Gasteiger partial charge in [-0.15, -0.1) is 0 Å². The summed E-state index contributed by atoms with van der Waals surface area (Å²) in [6.07, 6.45) is 2.93. The van der Waals surface area contributed by atoms with Crippen LogP contribution in [0.2, 0.25) is 0 Å².